The van der Waals surface area contributed by atoms with E-state index in [0.717, 1.165) is 24.3 Å². The zero-order valence-electron chi connectivity index (χ0n) is 11.5. The first kappa shape index (κ1) is 13.2. The van der Waals surface area contributed by atoms with Gasteiger partial charge in [-0.2, -0.15) is 15.0 Å². The number of nitrogen functional groups attached to an aromatic ring is 1. The van der Waals surface area contributed by atoms with Gasteiger partial charge in [-0.15, -0.1) is 0 Å². The van der Waals surface area contributed by atoms with Gasteiger partial charge in [-0.05, 0) is 32.9 Å². The Morgan fingerprint density at radius 1 is 1.11 bits per heavy atom. The van der Waals surface area contributed by atoms with Crippen LogP contribution in [0.5, 0.6) is 0 Å². The van der Waals surface area contributed by atoms with E-state index in [9.17, 15) is 0 Å². The van der Waals surface area contributed by atoms with E-state index < -0.39 is 0 Å². The molecule has 2 aromatic rings. The first-order valence-corrected chi connectivity index (χ1v) is 6.33. The van der Waals surface area contributed by atoms with Crippen molar-refractivity contribution in [3.8, 4) is 11.4 Å². The van der Waals surface area contributed by atoms with Crippen molar-refractivity contribution in [1.29, 1.82) is 0 Å². The molecule has 0 aliphatic carbocycles. The summed E-state index contributed by atoms with van der Waals surface area (Å²) in [4.78, 5) is 19.1. The summed E-state index contributed by atoms with van der Waals surface area (Å²) in [5, 5.41) is 0. The minimum Gasteiger partial charge on any atom is -0.368 e. The minimum absolute atomic E-state index is 0.229. The van der Waals surface area contributed by atoms with Crippen molar-refractivity contribution in [1.82, 2.24) is 19.9 Å². The highest BCUT2D eigenvalue weighted by Crippen LogP contribution is 2.18. The summed E-state index contributed by atoms with van der Waals surface area (Å²) in [6, 6.07) is 3.86. The molecule has 0 saturated carbocycles. The summed E-state index contributed by atoms with van der Waals surface area (Å²) < 4.78 is 0. The molecular weight excluding hydrogens is 240 g/mol. The van der Waals surface area contributed by atoms with Crippen LogP contribution in [-0.4, -0.2) is 33.0 Å². The lowest BCUT2D eigenvalue weighted by Crippen LogP contribution is -2.25. The summed E-state index contributed by atoms with van der Waals surface area (Å²) >= 11 is 0. The third kappa shape index (κ3) is 2.96. The Morgan fingerprint density at radius 3 is 2.42 bits per heavy atom. The Bertz CT molecular complexity index is 548. The van der Waals surface area contributed by atoms with E-state index in [1.54, 1.807) is 6.20 Å². The number of anilines is 2. The van der Waals surface area contributed by atoms with E-state index in [2.05, 4.69) is 33.8 Å². The van der Waals surface area contributed by atoms with Gasteiger partial charge in [0.2, 0.25) is 11.9 Å². The van der Waals surface area contributed by atoms with Crippen molar-refractivity contribution in [2.24, 2.45) is 0 Å². The third-order valence-corrected chi connectivity index (χ3v) is 2.86. The van der Waals surface area contributed by atoms with Crippen LogP contribution < -0.4 is 10.6 Å². The van der Waals surface area contributed by atoms with Crippen LogP contribution in [0.4, 0.5) is 11.9 Å². The van der Waals surface area contributed by atoms with Crippen LogP contribution in [0.15, 0.2) is 18.3 Å². The number of hydrogen-bond donors (Lipinski definition) is 1. The van der Waals surface area contributed by atoms with E-state index in [0.29, 0.717) is 11.8 Å². The van der Waals surface area contributed by atoms with Gasteiger partial charge in [0.15, 0.2) is 5.82 Å². The highest BCUT2D eigenvalue weighted by molar-refractivity contribution is 5.56. The molecule has 2 heterocycles. The minimum atomic E-state index is 0.229. The van der Waals surface area contributed by atoms with E-state index in [4.69, 9.17) is 5.73 Å². The van der Waals surface area contributed by atoms with Crippen LogP contribution in [-0.2, 0) is 0 Å². The van der Waals surface area contributed by atoms with Crippen LogP contribution in [0, 0.1) is 6.92 Å². The zero-order valence-corrected chi connectivity index (χ0v) is 11.5. The molecule has 2 N–H and O–H groups in total. The molecule has 0 spiro atoms. The average molecular weight is 258 g/mol. The first-order valence-electron chi connectivity index (χ1n) is 6.33. The Labute approximate surface area is 112 Å². The second kappa shape index (κ2) is 5.60. The van der Waals surface area contributed by atoms with Crippen LogP contribution in [0.3, 0.4) is 0 Å². The number of pyridine rings is 1. The van der Waals surface area contributed by atoms with Crippen molar-refractivity contribution in [2.75, 3.05) is 23.7 Å². The number of nitrogens with zero attached hydrogens (tertiary/aromatic N) is 5. The molecule has 2 aromatic heterocycles. The number of aryl methyl sites for hydroxylation is 1. The highest BCUT2D eigenvalue weighted by Gasteiger charge is 2.11. The fourth-order valence-corrected chi connectivity index (χ4v) is 1.76. The number of nitrogens with two attached hydrogens (primary N) is 1. The highest BCUT2D eigenvalue weighted by atomic mass is 15.3. The lowest BCUT2D eigenvalue weighted by Gasteiger charge is -2.18. The van der Waals surface area contributed by atoms with Crippen molar-refractivity contribution >= 4 is 11.9 Å². The van der Waals surface area contributed by atoms with Gasteiger partial charge in [-0.3, -0.25) is 4.98 Å². The summed E-state index contributed by atoms with van der Waals surface area (Å²) in [7, 11) is 0. The number of aromatic nitrogens is 4. The molecule has 0 aromatic carbocycles. The molecule has 100 valence electrons. The maximum absolute atomic E-state index is 5.76. The van der Waals surface area contributed by atoms with Gasteiger partial charge in [0.1, 0.15) is 0 Å². The monoisotopic (exact) mass is 258 g/mol. The molecule has 2 rings (SSSR count). The SMILES string of the molecule is CCN(CC)c1nc(N)nc(-c2ccc(C)nc2)n1. The van der Waals surface area contributed by atoms with Gasteiger partial charge in [0.05, 0.1) is 0 Å². The quantitative estimate of drug-likeness (QED) is 0.898. The number of rotatable bonds is 4. The van der Waals surface area contributed by atoms with Gasteiger partial charge >= 0.3 is 0 Å². The molecule has 19 heavy (non-hydrogen) atoms. The van der Waals surface area contributed by atoms with E-state index in [-0.39, 0.29) is 5.95 Å². The van der Waals surface area contributed by atoms with Crippen molar-refractivity contribution in [2.45, 2.75) is 20.8 Å². The maximum Gasteiger partial charge on any atom is 0.230 e. The largest absolute Gasteiger partial charge is 0.368 e. The summed E-state index contributed by atoms with van der Waals surface area (Å²) in [5.41, 5.74) is 7.56. The molecular formula is C13H18N6. The van der Waals surface area contributed by atoms with Gasteiger partial charge in [-0.1, -0.05) is 0 Å². The van der Waals surface area contributed by atoms with Crippen LogP contribution in [0.2, 0.25) is 0 Å². The van der Waals surface area contributed by atoms with Gasteiger partial charge < -0.3 is 10.6 Å². The molecule has 0 unspecified atom stereocenters. The van der Waals surface area contributed by atoms with Gasteiger partial charge in [0.25, 0.3) is 0 Å². The lowest BCUT2D eigenvalue weighted by molar-refractivity contribution is 0.816. The summed E-state index contributed by atoms with van der Waals surface area (Å²) in [6.45, 7) is 7.69. The van der Waals surface area contributed by atoms with Crippen molar-refractivity contribution in [3.63, 3.8) is 0 Å². The zero-order chi connectivity index (χ0) is 13.8. The predicted octanol–water partition coefficient (Wildman–Crippen LogP) is 1.67. The van der Waals surface area contributed by atoms with Crippen LogP contribution in [0.1, 0.15) is 19.5 Å². The normalized spacial score (nSPS) is 10.5. The molecule has 6 heteroatoms. The van der Waals surface area contributed by atoms with Crippen LogP contribution in [0.25, 0.3) is 11.4 Å². The molecule has 0 aliphatic rings. The van der Waals surface area contributed by atoms with Crippen molar-refractivity contribution < 1.29 is 0 Å². The van der Waals surface area contributed by atoms with Gasteiger partial charge in [0, 0.05) is 30.5 Å². The molecule has 6 nitrogen and oxygen atoms in total. The third-order valence-electron chi connectivity index (χ3n) is 2.86. The molecule has 0 amide bonds. The standard InChI is InChI=1S/C13H18N6/c1-4-19(5-2)13-17-11(16-12(14)18-13)10-7-6-9(3)15-8-10/h6-8H,4-5H2,1-3H3,(H2,14,16,17,18). The van der Waals surface area contributed by atoms with E-state index in [1.165, 1.54) is 0 Å². The Morgan fingerprint density at radius 2 is 1.84 bits per heavy atom. The Balaban J connectivity index is 2.44. The lowest BCUT2D eigenvalue weighted by atomic mass is 10.2. The molecule has 0 radical (unpaired) electrons. The molecule has 0 saturated heterocycles. The topological polar surface area (TPSA) is 80.8 Å². The molecule has 0 bridgehead atoms. The van der Waals surface area contributed by atoms with E-state index in [1.807, 2.05) is 24.0 Å². The second-order valence-corrected chi connectivity index (χ2v) is 4.18. The molecule has 0 atom stereocenters. The Hall–Kier alpha value is -2.24. The first-order chi connectivity index (χ1) is 9.13. The smallest absolute Gasteiger partial charge is 0.230 e. The van der Waals surface area contributed by atoms with E-state index >= 15 is 0 Å². The Kier molecular flexibility index (Phi) is 3.89. The summed E-state index contributed by atoms with van der Waals surface area (Å²) in [5.74, 6) is 1.39. The molecule has 0 aliphatic heterocycles. The molecule has 0 fully saturated rings. The number of hydrogen-bond acceptors (Lipinski definition) is 6. The van der Waals surface area contributed by atoms with Crippen molar-refractivity contribution in [3.05, 3.63) is 24.0 Å². The fourth-order valence-electron chi connectivity index (χ4n) is 1.76. The van der Waals surface area contributed by atoms with Gasteiger partial charge in [-0.25, -0.2) is 0 Å². The maximum atomic E-state index is 5.76. The predicted molar refractivity (Wildman–Crippen MR) is 75.8 cm³/mol. The second-order valence-electron chi connectivity index (χ2n) is 4.18. The summed E-state index contributed by atoms with van der Waals surface area (Å²) in [6.07, 6.45) is 1.75. The average Bonchev–Trinajstić information content (AvgIpc) is 2.40. The van der Waals surface area contributed by atoms with Crippen LogP contribution >= 0.6 is 0 Å². The fraction of sp³-hybridized carbons (Fsp3) is 0.385.